The van der Waals surface area contributed by atoms with E-state index in [2.05, 4.69) is 23.7 Å². The Morgan fingerprint density at radius 3 is 2.83 bits per heavy atom. The highest BCUT2D eigenvalue weighted by atomic mass is 32.2. The van der Waals surface area contributed by atoms with Crippen molar-refractivity contribution in [3.05, 3.63) is 24.0 Å². The summed E-state index contributed by atoms with van der Waals surface area (Å²) in [7, 11) is 0. The lowest BCUT2D eigenvalue weighted by atomic mass is 9.99. The van der Waals surface area contributed by atoms with Crippen molar-refractivity contribution >= 4 is 29.1 Å². The summed E-state index contributed by atoms with van der Waals surface area (Å²) in [5, 5.41) is 10.5. The van der Waals surface area contributed by atoms with Gasteiger partial charge in [0.15, 0.2) is 5.65 Å². The SMILES string of the molecule is CCCSc1cnc2c(N3CCC(C)CC3)cc(C(=O)O)cn12. The first-order chi connectivity index (χ1) is 11.1. The van der Waals surface area contributed by atoms with Crippen LogP contribution in [-0.2, 0) is 0 Å². The molecule has 0 saturated carbocycles. The molecule has 1 aliphatic heterocycles. The number of carboxylic acid groups (broad SMARTS) is 1. The predicted molar refractivity (Wildman–Crippen MR) is 93.8 cm³/mol. The molecule has 2 aromatic heterocycles. The average Bonchev–Trinajstić information content (AvgIpc) is 2.96. The lowest BCUT2D eigenvalue weighted by Gasteiger charge is -2.32. The Kier molecular flexibility index (Phi) is 4.80. The van der Waals surface area contributed by atoms with Gasteiger partial charge in [0.2, 0.25) is 0 Å². The third-order valence-corrected chi connectivity index (χ3v) is 5.59. The number of hydrogen-bond acceptors (Lipinski definition) is 4. The zero-order valence-corrected chi connectivity index (χ0v) is 14.5. The van der Waals surface area contributed by atoms with E-state index in [9.17, 15) is 9.90 Å². The highest BCUT2D eigenvalue weighted by molar-refractivity contribution is 7.99. The number of piperidine rings is 1. The summed E-state index contributed by atoms with van der Waals surface area (Å²) in [5.41, 5.74) is 2.13. The fourth-order valence-electron chi connectivity index (χ4n) is 2.96. The largest absolute Gasteiger partial charge is 0.478 e. The fraction of sp³-hybridized carbons (Fsp3) is 0.529. The number of rotatable bonds is 5. The Hall–Kier alpha value is -1.69. The second kappa shape index (κ2) is 6.83. The van der Waals surface area contributed by atoms with Gasteiger partial charge in [0, 0.05) is 19.3 Å². The van der Waals surface area contributed by atoms with Crippen molar-refractivity contribution < 1.29 is 9.90 Å². The minimum atomic E-state index is -0.890. The van der Waals surface area contributed by atoms with E-state index >= 15 is 0 Å². The second-order valence-corrected chi connectivity index (χ2v) is 7.34. The maximum Gasteiger partial charge on any atom is 0.337 e. The number of aromatic carboxylic acids is 1. The van der Waals surface area contributed by atoms with Crippen molar-refractivity contribution in [2.75, 3.05) is 23.7 Å². The van der Waals surface area contributed by atoms with Crippen molar-refractivity contribution in [3.63, 3.8) is 0 Å². The topological polar surface area (TPSA) is 57.8 Å². The first kappa shape index (κ1) is 16.2. The normalized spacial score (nSPS) is 16.2. The molecular weight excluding hydrogens is 310 g/mol. The molecule has 5 nitrogen and oxygen atoms in total. The zero-order valence-electron chi connectivity index (χ0n) is 13.7. The number of carbonyl (C=O) groups is 1. The van der Waals surface area contributed by atoms with Gasteiger partial charge in [-0.25, -0.2) is 9.78 Å². The van der Waals surface area contributed by atoms with Gasteiger partial charge in [0.05, 0.1) is 22.5 Å². The summed E-state index contributed by atoms with van der Waals surface area (Å²) >= 11 is 1.72. The molecule has 0 aromatic carbocycles. The number of fused-ring (bicyclic) bond motifs is 1. The number of imidazole rings is 1. The summed E-state index contributed by atoms with van der Waals surface area (Å²) < 4.78 is 1.94. The Morgan fingerprint density at radius 2 is 2.17 bits per heavy atom. The van der Waals surface area contributed by atoms with Crippen LogP contribution in [0.4, 0.5) is 5.69 Å². The van der Waals surface area contributed by atoms with E-state index < -0.39 is 5.97 Å². The first-order valence-corrected chi connectivity index (χ1v) is 9.21. The van der Waals surface area contributed by atoms with Crippen molar-refractivity contribution in [1.29, 1.82) is 0 Å². The monoisotopic (exact) mass is 333 g/mol. The van der Waals surface area contributed by atoms with E-state index in [1.807, 2.05) is 10.6 Å². The van der Waals surface area contributed by atoms with E-state index in [1.54, 1.807) is 24.0 Å². The van der Waals surface area contributed by atoms with Crippen LogP contribution < -0.4 is 4.90 Å². The molecule has 2 aromatic rings. The average molecular weight is 333 g/mol. The molecule has 0 radical (unpaired) electrons. The molecule has 1 N–H and O–H groups in total. The molecule has 0 unspecified atom stereocenters. The molecule has 3 rings (SSSR count). The Labute approximate surface area is 140 Å². The molecule has 6 heteroatoms. The molecule has 1 saturated heterocycles. The van der Waals surface area contributed by atoms with Crippen LogP contribution in [0.3, 0.4) is 0 Å². The Balaban J connectivity index is 2.04. The predicted octanol–water partition coefficient (Wildman–Crippen LogP) is 3.77. The third-order valence-electron chi connectivity index (χ3n) is 4.38. The molecule has 0 bridgehead atoms. The molecule has 0 atom stereocenters. The highest BCUT2D eigenvalue weighted by Gasteiger charge is 2.21. The number of nitrogens with zero attached hydrogens (tertiary/aromatic N) is 3. The summed E-state index contributed by atoms with van der Waals surface area (Å²) in [6.45, 7) is 6.34. The van der Waals surface area contributed by atoms with Gasteiger partial charge >= 0.3 is 5.97 Å². The quantitative estimate of drug-likeness (QED) is 0.844. The molecule has 124 valence electrons. The lowest BCUT2D eigenvalue weighted by Crippen LogP contribution is -2.33. The number of carboxylic acids is 1. The molecule has 0 amide bonds. The van der Waals surface area contributed by atoms with Gasteiger partial charge in [-0.15, -0.1) is 11.8 Å². The van der Waals surface area contributed by atoms with Gasteiger partial charge in [-0.2, -0.15) is 0 Å². The molecule has 1 fully saturated rings. The lowest BCUT2D eigenvalue weighted by molar-refractivity contribution is 0.0696. The summed E-state index contributed by atoms with van der Waals surface area (Å²) in [6.07, 6.45) is 6.91. The molecule has 1 aliphatic rings. The van der Waals surface area contributed by atoms with E-state index in [0.717, 1.165) is 60.4 Å². The minimum absolute atomic E-state index is 0.322. The molecule has 3 heterocycles. The van der Waals surface area contributed by atoms with Crippen LogP contribution in [0.25, 0.3) is 5.65 Å². The molecular formula is C17H23N3O2S. The van der Waals surface area contributed by atoms with Crippen LogP contribution in [0.5, 0.6) is 0 Å². The van der Waals surface area contributed by atoms with Gasteiger partial charge in [0.1, 0.15) is 0 Å². The molecule has 0 aliphatic carbocycles. The van der Waals surface area contributed by atoms with Crippen LogP contribution >= 0.6 is 11.8 Å². The summed E-state index contributed by atoms with van der Waals surface area (Å²) in [6, 6.07) is 1.77. The molecule has 0 spiro atoms. The van der Waals surface area contributed by atoms with E-state index in [1.165, 1.54) is 0 Å². The smallest absolute Gasteiger partial charge is 0.337 e. The number of aromatic nitrogens is 2. The minimum Gasteiger partial charge on any atom is -0.478 e. The van der Waals surface area contributed by atoms with Gasteiger partial charge < -0.3 is 10.0 Å². The third kappa shape index (κ3) is 3.32. The Morgan fingerprint density at radius 1 is 1.43 bits per heavy atom. The van der Waals surface area contributed by atoms with Crippen LogP contribution in [0.1, 0.15) is 43.5 Å². The number of hydrogen-bond donors (Lipinski definition) is 1. The van der Waals surface area contributed by atoms with Gasteiger partial charge in [-0.1, -0.05) is 13.8 Å². The Bertz CT molecular complexity index is 705. The fourth-order valence-corrected chi connectivity index (χ4v) is 3.78. The van der Waals surface area contributed by atoms with Crippen molar-refractivity contribution in [2.45, 2.75) is 38.1 Å². The zero-order chi connectivity index (χ0) is 16.4. The van der Waals surface area contributed by atoms with E-state index in [4.69, 9.17) is 0 Å². The summed E-state index contributed by atoms with van der Waals surface area (Å²) in [4.78, 5) is 18.4. The summed E-state index contributed by atoms with van der Waals surface area (Å²) in [5.74, 6) is 0.848. The van der Waals surface area contributed by atoms with Gasteiger partial charge in [0.25, 0.3) is 0 Å². The van der Waals surface area contributed by atoms with Crippen molar-refractivity contribution in [1.82, 2.24) is 9.38 Å². The number of thioether (sulfide) groups is 1. The van der Waals surface area contributed by atoms with Crippen LogP contribution in [-0.4, -0.2) is 39.3 Å². The first-order valence-electron chi connectivity index (χ1n) is 8.22. The number of anilines is 1. The maximum atomic E-state index is 11.5. The van der Waals surface area contributed by atoms with Crippen LogP contribution in [0.2, 0.25) is 0 Å². The van der Waals surface area contributed by atoms with E-state index in [0.29, 0.717) is 5.56 Å². The standard InChI is InChI=1S/C17H23N3O2S/c1-3-8-23-15-10-18-16-14(19-6-4-12(2)5-7-19)9-13(17(21)22)11-20(15)16/h9-12H,3-8H2,1-2H3,(H,21,22). The highest BCUT2D eigenvalue weighted by Crippen LogP contribution is 2.30. The second-order valence-electron chi connectivity index (χ2n) is 6.23. The van der Waals surface area contributed by atoms with Crippen molar-refractivity contribution in [3.8, 4) is 0 Å². The van der Waals surface area contributed by atoms with Gasteiger partial charge in [-0.05, 0) is 37.0 Å². The van der Waals surface area contributed by atoms with Crippen LogP contribution in [0.15, 0.2) is 23.5 Å². The van der Waals surface area contributed by atoms with Gasteiger partial charge in [-0.3, -0.25) is 4.40 Å². The van der Waals surface area contributed by atoms with E-state index in [-0.39, 0.29) is 0 Å². The number of pyridine rings is 1. The maximum absolute atomic E-state index is 11.5. The van der Waals surface area contributed by atoms with Crippen LogP contribution in [0, 0.1) is 5.92 Å². The molecule has 23 heavy (non-hydrogen) atoms. The van der Waals surface area contributed by atoms with Crippen molar-refractivity contribution in [2.24, 2.45) is 5.92 Å².